The third-order valence-electron chi connectivity index (χ3n) is 2.77. The van der Waals surface area contributed by atoms with E-state index in [0.29, 0.717) is 11.0 Å². The summed E-state index contributed by atoms with van der Waals surface area (Å²) >= 11 is 0. The highest BCUT2D eigenvalue weighted by molar-refractivity contribution is 6.36. The van der Waals surface area contributed by atoms with E-state index in [-0.39, 0.29) is 0 Å². The zero-order valence-corrected chi connectivity index (χ0v) is 9.68. The third kappa shape index (κ3) is 2.28. The number of benzene rings is 1. The lowest BCUT2D eigenvalue weighted by Gasteiger charge is -2.10. The van der Waals surface area contributed by atoms with Crippen LogP contribution in [-0.4, -0.2) is 19.1 Å². The Morgan fingerprint density at radius 2 is 2.18 bits per heavy atom. The molecule has 0 saturated heterocycles. The number of nitrogens with zero attached hydrogens (tertiary/aromatic N) is 1. The molecule has 0 N–H and O–H groups in total. The second-order valence-electron chi connectivity index (χ2n) is 3.82. The molecule has 1 aromatic heterocycles. The molecule has 0 aliphatic rings. The molecule has 3 heteroatoms. The van der Waals surface area contributed by atoms with Gasteiger partial charge in [0.2, 0.25) is 0 Å². The summed E-state index contributed by atoms with van der Waals surface area (Å²) in [4.78, 5) is 15.3. The molecule has 0 unspecified atom stereocenters. The first-order valence-corrected chi connectivity index (χ1v) is 5.55. The summed E-state index contributed by atoms with van der Waals surface area (Å²) in [5.74, 6) is 0. The molecule has 0 bridgehead atoms. The van der Waals surface area contributed by atoms with Crippen LogP contribution in [0.2, 0.25) is 0 Å². The van der Waals surface area contributed by atoms with Gasteiger partial charge >= 0.3 is 0 Å². The zero-order valence-electron chi connectivity index (χ0n) is 9.68. The number of carbonyl (C=O) groups is 1. The van der Waals surface area contributed by atoms with E-state index >= 15 is 0 Å². The minimum atomic E-state index is 0.532. The molecule has 82 valence electrons. The number of pyridine rings is 1. The molecule has 17 heavy (non-hydrogen) atoms. The lowest BCUT2D eigenvalue weighted by Crippen LogP contribution is -2.16. The van der Waals surface area contributed by atoms with Gasteiger partial charge in [0.25, 0.3) is 0 Å². The fourth-order valence-corrected chi connectivity index (χ4v) is 1.81. The summed E-state index contributed by atoms with van der Waals surface area (Å²) in [5, 5.41) is 0. The number of aryl methyl sites for hydroxylation is 1. The van der Waals surface area contributed by atoms with Gasteiger partial charge in [0.1, 0.15) is 14.1 Å². The number of hydrogen-bond donors (Lipinski definition) is 0. The summed E-state index contributed by atoms with van der Waals surface area (Å²) in [6.07, 6.45) is 3.33. The maximum atomic E-state index is 11.0. The number of carbonyl (C=O) groups excluding carboxylic acids is 1. The molecule has 1 heterocycles. The molecule has 0 saturated carbocycles. The van der Waals surface area contributed by atoms with E-state index in [1.54, 1.807) is 12.3 Å². The second kappa shape index (κ2) is 4.96. The third-order valence-corrected chi connectivity index (χ3v) is 2.77. The molecule has 2 radical (unpaired) electrons. The van der Waals surface area contributed by atoms with Gasteiger partial charge in [-0.2, -0.15) is 0 Å². The van der Waals surface area contributed by atoms with E-state index in [9.17, 15) is 4.79 Å². The number of rotatable bonds is 3. The first-order valence-electron chi connectivity index (χ1n) is 5.55. The van der Waals surface area contributed by atoms with Crippen molar-refractivity contribution < 1.29 is 4.79 Å². The molecule has 0 atom stereocenters. The van der Waals surface area contributed by atoms with Crippen molar-refractivity contribution in [2.45, 2.75) is 13.3 Å². The minimum Gasteiger partial charge on any atom is -0.298 e. The monoisotopic (exact) mass is 221 g/mol. The maximum absolute atomic E-state index is 11.0. The lowest BCUT2D eigenvalue weighted by atomic mass is 9.83. The quantitative estimate of drug-likeness (QED) is 0.585. The fraction of sp³-hybridized carbons (Fsp3) is 0.143. The van der Waals surface area contributed by atoms with Crippen molar-refractivity contribution in [2.75, 3.05) is 0 Å². The lowest BCUT2D eigenvalue weighted by molar-refractivity contribution is 0.112. The number of aldehydes is 1. The fourth-order valence-electron chi connectivity index (χ4n) is 1.81. The molecule has 1 aromatic carbocycles. The van der Waals surface area contributed by atoms with Gasteiger partial charge in [0, 0.05) is 17.3 Å². The van der Waals surface area contributed by atoms with E-state index in [0.717, 1.165) is 29.5 Å². The Labute approximate surface area is 102 Å². The predicted octanol–water partition coefficient (Wildman–Crippen LogP) is 1.92. The molecule has 0 fully saturated rings. The Balaban J connectivity index is 2.60. The van der Waals surface area contributed by atoms with Gasteiger partial charge in [-0.3, -0.25) is 9.78 Å². The molecule has 0 aliphatic heterocycles. The summed E-state index contributed by atoms with van der Waals surface area (Å²) in [5.41, 5.74) is 3.87. The molecule has 2 rings (SSSR count). The average Bonchev–Trinajstić information content (AvgIpc) is 2.40. The molecule has 2 aromatic rings. The molecule has 0 aliphatic carbocycles. The van der Waals surface area contributed by atoms with Gasteiger partial charge < -0.3 is 0 Å². The van der Waals surface area contributed by atoms with Crippen LogP contribution in [0.1, 0.15) is 22.8 Å². The van der Waals surface area contributed by atoms with Crippen molar-refractivity contribution in [3.63, 3.8) is 0 Å². The average molecular weight is 221 g/mol. The van der Waals surface area contributed by atoms with E-state index < -0.39 is 0 Å². The summed E-state index contributed by atoms with van der Waals surface area (Å²) in [6, 6.07) is 9.47. The van der Waals surface area contributed by atoms with Crippen molar-refractivity contribution in [2.24, 2.45) is 0 Å². The summed E-state index contributed by atoms with van der Waals surface area (Å²) in [7, 11) is 5.90. The van der Waals surface area contributed by atoms with Gasteiger partial charge in [-0.05, 0) is 24.6 Å². The summed E-state index contributed by atoms with van der Waals surface area (Å²) < 4.78 is 0. The first-order chi connectivity index (χ1) is 8.26. The van der Waals surface area contributed by atoms with Crippen LogP contribution in [0.4, 0.5) is 0 Å². The van der Waals surface area contributed by atoms with Gasteiger partial charge in [-0.25, -0.2) is 0 Å². The van der Waals surface area contributed by atoms with Crippen LogP contribution >= 0.6 is 0 Å². The van der Waals surface area contributed by atoms with Crippen LogP contribution in [0, 0.1) is 0 Å². The largest absolute Gasteiger partial charge is 0.298 e. The smallest absolute Gasteiger partial charge is 0.149 e. The highest BCUT2D eigenvalue weighted by Gasteiger charge is 2.07. The highest BCUT2D eigenvalue weighted by Crippen LogP contribution is 2.18. The molecule has 0 spiro atoms. The Hall–Kier alpha value is -1.90. The van der Waals surface area contributed by atoms with Gasteiger partial charge in [-0.1, -0.05) is 30.1 Å². The second-order valence-corrected chi connectivity index (χ2v) is 3.82. The predicted molar refractivity (Wildman–Crippen MR) is 69.8 cm³/mol. The van der Waals surface area contributed by atoms with Gasteiger partial charge in [0.05, 0.1) is 5.69 Å². The van der Waals surface area contributed by atoms with E-state index in [2.05, 4.69) is 4.98 Å². The van der Waals surface area contributed by atoms with Crippen molar-refractivity contribution >= 4 is 19.6 Å². The van der Waals surface area contributed by atoms with Crippen molar-refractivity contribution in [1.29, 1.82) is 0 Å². The van der Waals surface area contributed by atoms with E-state index in [4.69, 9.17) is 7.85 Å². The zero-order chi connectivity index (χ0) is 12.3. The van der Waals surface area contributed by atoms with Crippen molar-refractivity contribution in [3.05, 3.63) is 47.7 Å². The first kappa shape index (κ1) is 11.6. The van der Waals surface area contributed by atoms with Crippen LogP contribution in [0.3, 0.4) is 0 Å². The van der Waals surface area contributed by atoms with Crippen LogP contribution < -0.4 is 5.46 Å². The molecular formula is C14H12BNO. The van der Waals surface area contributed by atoms with Crippen LogP contribution in [0.25, 0.3) is 11.3 Å². The standard InChI is InChI=1S/C14H12BNO/c1-2-10-7-11(8-12(9-17)14(10)15)13-5-3-4-6-16-13/h3-9H,2H2,1H3. The SMILES string of the molecule is [B]c1c(C=O)cc(-c2ccccn2)cc1CC. The molecule has 0 amide bonds. The maximum Gasteiger partial charge on any atom is 0.149 e. The minimum absolute atomic E-state index is 0.532. The summed E-state index contributed by atoms with van der Waals surface area (Å²) in [6.45, 7) is 2.02. The topological polar surface area (TPSA) is 30.0 Å². The van der Waals surface area contributed by atoms with Gasteiger partial charge in [-0.15, -0.1) is 0 Å². The van der Waals surface area contributed by atoms with Crippen molar-refractivity contribution in [3.8, 4) is 11.3 Å². The van der Waals surface area contributed by atoms with Gasteiger partial charge in [0.15, 0.2) is 0 Å². The number of hydrogen-bond acceptors (Lipinski definition) is 2. The molecule has 2 nitrogen and oxygen atoms in total. The Morgan fingerprint density at radius 3 is 2.76 bits per heavy atom. The van der Waals surface area contributed by atoms with E-state index in [1.165, 1.54) is 0 Å². The van der Waals surface area contributed by atoms with Crippen LogP contribution in [-0.2, 0) is 6.42 Å². The molecular weight excluding hydrogens is 209 g/mol. The Bertz CT molecular complexity index is 537. The highest BCUT2D eigenvalue weighted by atomic mass is 16.1. The normalized spacial score (nSPS) is 10.2. The van der Waals surface area contributed by atoms with Crippen LogP contribution in [0.5, 0.6) is 0 Å². The Morgan fingerprint density at radius 1 is 1.35 bits per heavy atom. The van der Waals surface area contributed by atoms with Crippen LogP contribution in [0.15, 0.2) is 36.5 Å². The Kier molecular flexibility index (Phi) is 3.38. The van der Waals surface area contributed by atoms with Crippen molar-refractivity contribution in [1.82, 2.24) is 4.98 Å². The number of aromatic nitrogens is 1. The van der Waals surface area contributed by atoms with E-state index in [1.807, 2.05) is 31.2 Å².